The second kappa shape index (κ2) is 2.95. The fourth-order valence-corrected chi connectivity index (χ4v) is 1.81. The summed E-state index contributed by atoms with van der Waals surface area (Å²) in [5.41, 5.74) is 7.23. The molecule has 0 spiro atoms. The predicted octanol–water partition coefficient (Wildman–Crippen LogP) is 1.25. The Hall–Kier alpha value is -1.62. The number of aryl methyl sites for hydroxylation is 1. The number of hydrogen-bond donors (Lipinski definition) is 2. The second-order valence-electron chi connectivity index (χ2n) is 3.44. The highest BCUT2D eigenvalue weighted by atomic mass is 16.6. The lowest BCUT2D eigenvalue weighted by Gasteiger charge is -2.05. The van der Waals surface area contributed by atoms with Crippen LogP contribution in [0.25, 0.3) is 0 Å². The van der Waals surface area contributed by atoms with Gasteiger partial charge in [0.15, 0.2) is 5.75 Å². The molecule has 0 fully saturated rings. The number of aromatic hydroxyl groups is 1. The van der Waals surface area contributed by atoms with Crippen LogP contribution >= 0.6 is 0 Å². The Morgan fingerprint density at radius 2 is 2.29 bits per heavy atom. The molecule has 1 aromatic carbocycles. The van der Waals surface area contributed by atoms with Crippen molar-refractivity contribution < 1.29 is 10.0 Å². The molecule has 0 saturated heterocycles. The lowest BCUT2D eigenvalue weighted by atomic mass is 10.1. The van der Waals surface area contributed by atoms with E-state index in [1.54, 1.807) is 0 Å². The molecule has 0 heterocycles. The van der Waals surface area contributed by atoms with E-state index < -0.39 is 4.92 Å². The molecule has 2 rings (SSSR count). The number of phenolic OH excluding ortho intramolecular Hbond substituents is 1. The molecule has 74 valence electrons. The number of hydrogen-bond acceptors (Lipinski definition) is 4. The zero-order valence-corrected chi connectivity index (χ0v) is 7.43. The molecule has 0 amide bonds. The summed E-state index contributed by atoms with van der Waals surface area (Å²) in [5.74, 6) is -0.300. The molecule has 0 aromatic heterocycles. The standard InChI is InChI=1S/C9H10N2O3/c10-7-2-1-5-3-8(11(13)14)9(12)4-6(5)7/h3-4,7,12H,1-2,10H2. The van der Waals surface area contributed by atoms with Gasteiger partial charge in [0.05, 0.1) is 4.92 Å². The van der Waals surface area contributed by atoms with Gasteiger partial charge in [-0.25, -0.2) is 0 Å². The number of nitrogens with zero attached hydrogens (tertiary/aromatic N) is 1. The molecular formula is C9H10N2O3. The van der Waals surface area contributed by atoms with Crippen LogP contribution in [-0.2, 0) is 6.42 Å². The topological polar surface area (TPSA) is 89.4 Å². The van der Waals surface area contributed by atoms with Gasteiger partial charge in [0.1, 0.15) is 0 Å². The minimum Gasteiger partial charge on any atom is -0.502 e. The highest BCUT2D eigenvalue weighted by Gasteiger charge is 2.24. The molecule has 5 nitrogen and oxygen atoms in total. The van der Waals surface area contributed by atoms with Crippen molar-refractivity contribution in [1.82, 2.24) is 0 Å². The molecule has 1 unspecified atom stereocenters. The first kappa shape index (κ1) is 8.96. The van der Waals surface area contributed by atoms with Crippen LogP contribution in [0.2, 0.25) is 0 Å². The summed E-state index contributed by atoms with van der Waals surface area (Å²) in [6.07, 6.45) is 1.54. The zero-order chi connectivity index (χ0) is 10.3. The van der Waals surface area contributed by atoms with Crippen LogP contribution in [0.4, 0.5) is 5.69 Å². The third kappa shape index (κ3) is 1.22. The highest BCUT2D eigenvalue weighted by molar-refractivity contribution is 5.53. The van der Waals surface area contributed by atoms with E-state index >= 15 is 0 Å². The van der Waals surface area contributed by atoms with Crippen molar-refractivity contribution in [1.29, 1.82) is 0 Å². The first-order chi connectivity index (χ1) is 6.59. The number of fused-ring (bicyclic) bond motifs is 1. The van der Waals surface area contributed by atoms with E-state index in [1.165, 1.54) is 12.1 Å². The van der Waals surface area contributed by atoms with Crippen LogP contribution in [0.3, 0.4) is 0 Å². The van der Waals surface area contributed by atoms with Crippen molar-refractivity contribution in [3.05, 3.63) is 33.4 Å². The van der Waals surface area contributed by atoms with Crippen molar-refractivity contribution in [2.24, 2.45) is 5.73 Å². The molecule has 5 heteroatoms. The number of nitro groups is 1. The highest BCUT2D eigenvalue weighted by Crippen LogP contribution is 2.37. The third-order valence-electron chi connectivity index (χ3n) is 2.56. The van der Waals surface area contributed by atoms with E-state index in [1.807, 2.05) is 0 Å². The van der Waals surface area contributed by atoms with E-state index in [-0.39, 0.29) is 17.5 Å². The van der Waals surface area contributed by atoms with Gasteiger partial charge in [-0.3, -0.25) is 10.1 Å². The first-order valence-electron chi connectivity index (χ1n) is 4.35. The molecule has 1 atom stereocenters. The van der Waals surface area contributed by atoms with Crippen LogP contribution in [0.15, 0.2) is 12.1 Å². The van der Waals surface area contributed by atoms with Gasteiger partial charge < -0.3 is 10.8 Å². The molecule has 0 radical (unpaired) electrons. The maximum Gasteiger partial charge on any atom is 0.310 e. The Morgan fingerprint density at radius 1 is 1.57 bits per heavy atom. The van der Waals surface area contributed by atoms with Crippen molar-refractivity contribution in [2.45, 2.75) is 18.9 Å². The summed E-state index contributed by atoms with van der Waals surface area (Å²) >= 11 is 0. The molecule has 1 aliphatic carbocycles. The number of rotatable bonds is 1. The SMILES string of the molecule is NC1CCc2cc([N+](=O)[O-])c(O)cc21. The quantitative estimate of drug-likeness (QED) is 0.520. The minimum absolute atomic E-state index is 0.100. The molecule has 1 aliphatic rings. The average molecular weight is 194 g/mol. The molecule has 1 aromatic rings. The van der Waals surface area contributed by atoms with Gasteiger partial charge in [0.25, 0.3) is 0 Å². The summed E-state index contributed by atoms with van der Waals surface area (Å²) in [6, 6.07) is 2.72. The van der Waals surface area contributed by atoms with Gasteiger partial charge in [0, 0.05) is 12.1 Å². The second-order valence-corrected chi connectivity index (χ2v) is 3.44. The molecule has 14 heavy (non-hydrogen) atoms. The normalized spacial score (nSPS) is 19.4. The number of benzene rings is 1. The summed E-state index contributed by atoms with van der Waals surface area (Å²) in [5, 5.41) is 19.9. The van der Waals surface area contributed by atoms with E-state index in [0.29, 0.717) is 0 Å². The predicted molar refractivity (Wildman–Crippen MR) is 50.0 cm³/mol. The van der Waals surface area contributed by atoms with Crippen LogP contribution in [0.1, 0.15) is 23.6 Å². The Balaban J connectivity index is 2.55. The summed E-state index contributed by atoms with van der Waals surface area (Å²) < 4.78 is 0. The largest absolute Gasteiger partial charge is 0.502 e. The molecular weight excluding hydrogens is 184 g/mol. The molecule has 0 bridgehead atoms. The minimum atomic E-state index is -0.584. The lowest BCUT2D eigenvalue weighted by molar-refractivity contribution is -0.385. The first-order valence-corrected chi connectivity index (χ1v) is 4.35. The summed E-state index contributed by atoms with van der Waals surface area (Å²) in [6.45, 7) is 0. The van der Waals surface area contributed by atoms with Gasteiger partial charge in [-0.15, -0.1) is 0 Å². The Bertz CT molecular complexity index is 403. The molecule has 0 saturated carbocycles. The van der Waals surface area contributed by atoms with Gasteiger partial charge in [0.2, 0.25) is 0 Å². The van der Waals surface area contributed by atoms with Gasteiger partial charge in [-0.05, 0) is 30.0 Å². The monoisotopic (exact) mass is 194 g/mol. The van der Waals surface area contributed by atoms with E-state index in [9.17, 15) is 15.2 Å². The third-order valence-corrected chi connectivity index (χ3v) is 2.56. The Morgan fingerprint density at radius 3 is 2.93 bits per heavy atom. The summed E-state index contributed by atoms with van der Waals surface area (Å²) in [4.78, 5) is 9.93. The van der Waals surface area contributed by atoms with Crippen LogP contribution in [0.5, 0.6) is 5.75 Å². The fourth-order valence-electron chi connectivity index (χ4n) is 1.81. The molecule has 0 aliphatic heterocycles. The number of nitro benzene ring substituents is 1. The Labute approximate surface area is 80.3 Å². The maximum absolute atomic E-state index is 10.5. The lowest BCUT2D eigenvalue weighted by Crippen LogP contribution is -2.05. The van der Waals surface area contributed by atoms with Gasteiger partial charge in [-0.2, -0.15) is 0 Å². The summed E-state index contributed by atoms with van der Waals surface area (Å²) in [7, 11) is 0. The van der Waals surface area contributed by atoms with E-state index in [2.05, 4.69) is 0 Å². The van der Waals surface area contributed by atoms with Crippen molar-refractivity contribution in [2.75, 3.05) is 0 Å². The van der Waals surface area contributed by atoms with Crippen molar-refractivity contribution in [3.63, 3.8) is 0 Å². The number of phenols is 1. The van der Waals surface area contributed by atoms with Gasteiger partial charge in [-0.1, -0.05) is 0 Å². The van der Waals surface area contributed by atoms with Crippen molar-refractivity contribution >= 4 is 5.69 Å². The van der Waals surface area contributed by atoms with E-state index in [0.717, 1.165) is 24.0 Å². The average Bonchev–Trinajstić information content (AvgIpc) is 2.46. The molecule has 3 N–H and O–H groups in total. The van der Waals surface area contributed by atoms with Gasteiger partial charge >= 0.3 is 5.69 Å². The maximum atomic E-state index is 10.5. The fraction of sp³-hybridized carbons (Fsp3) is 0.333. The van der Waals surface area contributed by atoms with Crippen LogP contribution < -0.4 is 5.73 Å². The van der Waals surface area contributed by atoms with Crippen molar-refractivity contribution in [3.8, 4) is 5.75 Å². The van der Waals surface area contributed by atoms with E-state index in [4.69, 9.17) is 5.73 Å². The smallest absolute Gasteiger partial charge is 0.310 e. The number of nitrogens with two attached hydrogens (primary N) is 1. The Kier molecular flexibility index (Phi) is 1.89. The van der Waals surface area contributed by atoms with Crippen LogP contribution in [-0.4, -0.2) is 10.0 Å². The van der Waals surface area contributed by atoms with Crippen LogP contribution in [0, 0.1) is 10.1 Å². The zero-order valence-electron chi connectivity index (χ0n) is 7.43.